The van der Waals surface area contributed by atoms with E-state index >= 15 is 0 Å². The summed E-state index contributed by atoms with van der Waals surface area (Å²) in [5, 5.41) is 2.96. The number of hydrogen-bond donors (Lipinski definition) is 2. The highest BCUT2D eigenvalue weighted by Gasteiger charge is 2.42. The summed E-state index contributed by atoms with van der Waals surface area (Å²) < 4.78 is 13.7. The zero-order valence-corrected chi connectivity index (χ0v) is 10.0. The third-order valence-corrected chi connectivity index (χ3v) is 3.72. The number of rotatable bonds is 4. The van der Waals surface area contributed by atoms with E-state index in [0.717, 1.165) is 0 Å². The van der Waals surface area contributed by atoms with E-state index in [4.69, 9.17) is 5.73 Å². The molecular formula is C13H16FN3O. The van der Waals surface area contributed by atoms with Crippen LogP contribution in [-0.4, -0.2) is 16.9 Å². The first kappa shape index (κ1) is 11.4. The first-order chi connectivity index (χ1) is 8.66. The minimum absolute atomic E-state index is 0.00574. The molecule has 96 valence electrons. The Balaban J connectivity index is 1.75. The van der Waals surface area contributed by atoms with E-state index in [1.54, 1.807) is 0 Å². The summed E-state index contributed by atoms with van der Waals surface area (Å²) in [6.45, 7) is 0. The van der Waals surface area contributed by atoms with Crippen molar-refractivity contribution in [3.8, 4) is 0 Å². The molecular weight excluding hydrogens is 233 g/mol. The summed E-state index contributed by atoms with van der Waals surface area (Å²) in [7, 11) is 0. The van der Waals surface area contributed by atoms with Crippen LogP contribution >= 0.6 is 0 Å². The number of nitrogen functional groups attached to an aromatic ring is 1. The number of hydrogen-bond acceptors (Lipinski definition) is 3. The quantitative estimate of drug-likeness (QED) is 0.853. The topological polar surface area (TPSA) is 68.0 Å². The number of nitrogens with two attached hydrogens (primary N) is 1. The molecule has 0 spiro atoms. The second-order valence-electron chi connectivity index (χ2n) is 5.23. The Morgan fingerprint density at radius 1 is 1.39 bits per heavy atom. The summed E-state index contributed by atoms with van der Waals surface area (Å²) in [4.78, 5) is 15.7. The molecule has 2 saturated carbocycles. The molecule has 5 heteroatoms. The van der Waals surface area contributed by atoms with Crippen LogP contribution in [0.15, 0.2) is 12.3 Å². The predicted molar refractivity (Wildman–Crippen MR) is 65.3 cm³/mol. The van der Waals surface area contributed by atoms with Crippen LogP contribution in [0, 0.1) is 17.7 Å². The fraction of sp³-hybridized carbons (Fsp3) is 0.538. The lowest BCUT2D eigenvalue weighted by Crippen LogP contribution is -2.38. The molecule has 0 aromatic carbocycles. The molecule has 2 aliphatic carbocycles. The van der Waals surface area contributed by atoms with Crippen LogP contribution in [0.5, 0.6) is 0 Å². The molecule has 0 bridgehead atoms. The summed E-state index contributed by atoms with van der Waals surface area (Å²) in [6, 6.07) is 1.59. The second kappa shape index (κ2) is 4.23. The molecule has 4 nitrogen and oxygen atoms in total. The number of nitrogens with zero attached hydrogens (tertiary/aromatic N) is 1. The molecule has 2 fully saturated rings. The lowest BCUT2D eigenvalue weighted by Gasteiger charge is -2.17. The average Bonchev–Trinajstić information content (AvgIpc) is 3.22. The number of carbonyl (C=O) groups excluding carboxylic acids is 1. The third kappa shape index (κ3) is 2.17. The van der Waals surface area contributed by atoms with Gasteiger partial charge in [0.1, 0.15) is 0 Å². The van der Waals surface area contributed by atoms with Crippen LogP contribution in [0.2, 0.25) is 0 Å². The van der Waals surface area contributed by atoms with Gasteiger partial charge in [-0.15, -0.1) is 0 Å². The molecule has 1 amide bonds. The van der Waals surface area contributed by atoms with Gasteiger partial charge < -0.3 is 11.1 Å². The first-order valence-corrected chi connectivity index (χ1v) is 6.37. The third-order valence-electron chi connectivity index (χ3n) is 3.72. The Morgan fingerprint density at radius 3 is 2.56 bits per heavy atom. The van der Waals surface area contributed by atoms with E-state index in [9.17, 15) is 9.18 Å². The Labute approximate surface area is 105 Å². The largest absolute Gasteiger partial charge is 0.381 e. The minimum atomic E-state index is -0.722. The van der Waals surface area contributed by atoms with E-state index in [-0.39, 0.29) is 23.3 Å². The lowest BCUT2D eigenvalue weighted by molar-refractivity contribution is 0.0922. The summed E-state index contributed by atoms with van der Waals surface area (Å²) in [6.07, 6.45) is 6.03. The van der Waals surface area contributed by atoms with E-state index in [2.05, 4.69) is 10.3 Å². The van der Waals surface area contributed by atoms with Crippen LogP contribution in [0.4, 0.5) is 10.2 Å². The molecule has 2 aliphatic rings. The van der Waals surface area contributed by atoms with E-state index < -0.39 is 5.82 Å². The highest BCUT2D eigenvalue weighted by Crippen LogP contribution is 2.44. The van der Waals surface area contributed by atoms with Gasteiger partial charge in [-0.05, 0) is 43.6 Å². The van der Waals surface area contributed by atoms with E-state index in [1.165, 1.54) is 37.9 Å². The molecule has 3 N–H and O–H groups in total. The molecule has 18 heavy (non-hydrogen) atoms. The van der Waals surface area contributed by atoms with Crippen molar-refractivity contribution in [3.05, 3.63) is 23.6 Å². The fourth-order valence-corrected chi connectivity index (χ4v) is 2.40. The highest BCUT2D eigenvalue weighted by atomic mass is 19.1. The Kier molecular flexibility index (Phi) is 2.69. The van der Waals surface area contributed by atoms with Crippen molar-refractivity contribution in [2.45, 2.75) is 31.7 Å². The van der Waals surface area contributed by atoms with Crippen LogP contribution in [0.1, 0.15) is 36.0 Å². The monoisotopic (exact) mass is 249 g/mol. The molecule has 1 aromatic rings. The van der Waals surface area contributed by atoms with Crippen LogP contribution in [-0.2, 0) is 0 Å². The molecule has 0 radical (unpaired) electrons. The zero-order chi connectivity index (χ0) is 12.7. The standard InChI is InChI=1S/C13H16FN3O/c14-10-9(5-6-16-12(10)15)13(18)17-11(7-1-2-7)8-3-4-8/h5-8,11H,1-4H2,(H2,15,16)(H,17,18). The van der Waals surface area contributed by atoms with Crippen LogP contribution in [0.3, 0.4) is 0 Å². The first-order valence-electron chi connectivity index (χ1n) is 6.37. The summed E-state index contributed by atoms with van der Waals surface area (Å²) in [5.41, 5.74) is 5.36. The maximum absolute atomic E-state index is 13.7. The van der Waals surface area contributed by atoms with Gasteiger partial charge >= 0.3 is 0 Å². The number of pyridine rings is 1. The number of halogens is 1. The van der Waals surface area contributed by atoms with Gasteiger partial charge in [-0.2, -0.15) is 0 Å². The lowest BCUT2D eigenvalue weighted by atomic mass is 10.1. The van der Waals surface area contributed by atoms with Gasteiger partial charge in [0.25, 0.3) is 5.91 Å². The van der Waals surface area contributed by atoms with Crippen molar-refractivity contribution in [2.75, 3.05) is 5.73 Å². The van der Waals surface area contributed by atoms with Gasteiger partial charge in [0.2, 0.25) is 0 Å². The maximum atomic E-state index is 13.7. The average molecular weight is 249 g/mol. The smallest absolute Gasteiger partial charge is 0.254 e. The molecule has 1 aromatic heterocycles. The van der Waals surface area contributed by atoms with Crippen molar-refractivity contribution < 1.29 is 9.18 Å². The maximum Gasteiger partial charge on any atom is 0.254 e. The summed E-state index contributed by atoms with van der Waals surface area (Å²) in [5.74, 6) is -0.143. The minimum Gasteiger partial charge on any atom is -0.381 e. The van der Waals surface area contributed by atoms with Crippen molar-refractivity contribution in [1.29, 1.82) is 0 Å². The number of carbonyl (C=O) groups is 1. The van der Waals surface area contributed by atoms with Crippen LogP contribution < -0.4 is 11.1 Å². The van der Waals surface area contributed by atoms with Gasteiger partial charge in [-0.25, -0.2) is 9.37 Å². The zero-order valence-electron chi connectivity index (χ0n) is 10.0. The molecule has 0 aliphatic heterocycles. The normalized spacial score (nSPS) is 19.0. The fourth-order valence-electron chi connectivity index (χ4n) is 2.40. The van der Waals surface area contributed by atoms with Gasteiger partial charge in [-0.1, -0.05) is 0 Å². The number of amides is 1. The molecule has 0 unspecified atom stereocenters. The molecule has 0 atom stereocenters. The van der Waals surface area contributed by atoms with Crippen LogP contribution in [0.25, 0.3) is 0 Å². The van der Waals surface area contributed by atoms with Crippen molar-refractivity contribution in [3.63, 3.8) is 0 Å². The molecule has 3 rings (SSSR count). The Bertz CT molecular complexity index is 471. The highest BCUT2D eigenvalue weighted by molar-refractivity contribution is 5.95. The molecule has 1 heterocycles. The number of aromatic nitrogens is 1. The van der Waals surface area contributed by atoms with Crippen molar-refractivity contribution in [2.24, 2.45) is 11.8 Å². The Morgan fingerprint density at radius 2 is 2.00 bits per heavy atom. The number of anilines is 1. The Hall–Kier alpha value is -1.65. The second-order valence-corrected chi connectivity index (χ2v) is 5.23. The van der Waals surface area contributed by atoms with E-state index in [0.29, 0.717) is 11.8 Å². The number of nitrogens with one attached hydrogen (secondary N) is 1. The van der Waals surface area contributed by atoms with Crippen molar-refractivity contribution in [1.82, 2.24) is 10.3 Å². The van der Waals surface area contributed by atoms with Gasteiger partial charge in [0.05, 0.1) is 5.56 Å². The van der Waals surface area contributed by atoms with Gasteiger partial charge in [-0.3, -0.25) is 4.79 Å². The SMILES string of the molecule is Nc1nccc(C(=O)NC(C2CC2)C2CC2)c1F. The summed E-state index contributed by atoms with van der Waals surface area (Å²) >= 11 is 0. The van der Waals surface area contributed by atoms with Gasteiger partial charge in [0, 0.05) is 12.2 Å². The van der Waals surface area contributed by atoms with Crippen molar-refractivity contribution >= 4 is 11.7 Å². The molecule has 0 saturated heterocycles. The van der Waals surface area contributed by atoms with Gasteiger partial charge in [0.15, 0.2) is 11.6 Å². The van der Waals surface area contributed by atoms with E-state index in [1.807, 2.05) is 0 Å². The predicted octanol–water partition coefficient (Wildman–Crippen LogP) is 1.72.